The summed E-state index contributed by atoms with van der Waals surface area (Å²) in [4.78, 5) is 3.81. The Morgan fingerprint density at radius 1 is 1.30 bits per heavy atom. The second-order valence-corrected chi connectivity index (χ2v) is 8.38. The highest BCUT2D eigenvalue weighted by atomic mass is 79.9. The molecule has 2 atom stereocenters. The third kappa shape index (κ3) is 4.34. The molecule has 0 radical (unpaired) electrons. The van der Waals surface area contributed by atoms with Crippen molar-refractivity contribution in [1.82, 2.24) is 9.29 Å². The van der Waals surface area contributed by atoms with E-state index < -0.39 is 28.3 Å². The summed E-state index contributed by atoms with van der Waals surface area (Å²) in [5.74, 6) is 0. The van der Waals surface area contributed by atoms with E-state index in [0.29, 0.717) is 4.60 Å². The average Bonchev–Trinajstić information content (AvgIpc) is 2.28. The van der Waals surface area contributed by atoms with Gasteiger partial charge in [-0.3, -0.25) is 0 Å². The Labute approximate surface area is 128 Å². The summed E-state index contributed by atoms with van der Waals surface area (Å²) >= 11 is 1.29. The summed E-state index contributed by atoms with van der Waals surface area (Å²) in [5.41, 5.74) is -0.0409. The van der Waals surface area contributed by atoms with Crippen molar-refractivity contribution < 1.29 is 17.7 Å². The van der Waals surface area contributed by atoms with E-state index in [1.807, 2.05) is 0 Å². The van der Waals surface area contributed by atoms with Crippen molar-refractivity contribution in [3.8, 4) is 0 Å². The number of nitrogens with zero attached hydrogens (tertiary/aromatic N) is 2. The van der Waals surface area contributed by atoms with Crippen LogP contribution in [0.4, 0.5) is 13.2 Å². The number of rotatable bonds is 3. The Morgan fingerprint density at radius 3 is 2.20 bits per heavy atom. The Kier molecular flexibility index (Phi) is 5.51. The van der Waals surface area contributed by atoms with Gasteiger partial charge in [-0.25, -0.2) is 4.98 Å². The predicted molar refractivity (Wildman–Crippen MR) is 76.4 cm³/mol. The fourth-order valence-corrected chi connectivity index (χ4v) is 3.21. The lowest BCUT2D eigenvalue weighted by molar-refractivity contribution is -0.171. The smallest absolute Gasteiger partial charge is 0.412 e. The van der Waals surface area contributed by atoms with Crippen LogP contribution in [0.15, 0.2) is 22.9 Å². The van der Waals surface area contributed by atoms with E-state index in [-0.39, 0.29) is 5.56 Å². The van der Waals surface area contributed by atoms with Crippen molar-refractivity contribution in [3.05, 3.63) is 28.5 Å². The van der Waals surface area contributed by atoms with Crippen molar-refractivity contribution in [2.24, 2.45) is 0 Å². The molecule has 114 valence electrons. The van der Waals surface area contributed by atoms with Crippen LogP contribution in [0.2, 0.25) is 0 Å². The SMILES string of the molecule is CN([C@@H](c1ccc(Br)nc1)C(F)(F)F)[S+]([O-])C(C)(C)C. The molecule has 1 rings (SSSR count). The molecular weight excluding hydrogens is 357 g/mol. The molecule has 8 heteroatoms. The third-order valence-electron chi connectivity index (χ3n) is 2.53. The Bertz CT molecular complexity index is 448. The summed E-state index contributed by atoms with van der Waals surface area (Å²) in [5, 5.41) is 0. The molecule has 3 nitrogen and oxygen atoms in total. The van der Waals surface area contributed by atoms with Crippen molar-refractivity contribution in [1.29, 1.82) is 0 Å². The Balaban J connectivity index is 3.17. The highest BCUT2D eigenvalue weighted by Crippen LogP contribution is 2.40. The van der Waals surface area contributed by atoms with Crippen LogP contribution in [0.3, 0.4) is 0 Å². The fourth-order valence-electron chi connectivity index (χ4n) is 1.68. The molecule has 1 heterocycles. The lowest BCUT2D eigenvalue weighted by atomic mass is 10.1. The molecule has 0 bridgehead atoms. The highest BCUT2D eigenvalue weighted by molar-refractivity contribution is 9.10. The number of alkyl halides is 3. The molecule has 20 heavy (non-hydrogen) atoms. The maximum absolute atomic E-state index is 13.3. The summed E-state index contributed by atoms with van der Waals surface area (Å²) in [7, 11) is 1.21. The number of hydrogen-bond donors (Lipinski definition) is 0. The van der Waals surface area contributed by atoms with Crippen LogP contribution in [0.25, 0.3) is 0 Å². The van der Waals surface area contributed by atoms with Gasteiger partial charge in [-0.2, -0.15) is 13.2 Å². The molecule has 0 amide bonds. The van der Waals surface area contributed by atoms with E-state index >= 15 is 0 Å². The normalized spacial score (nSPS) is 16.3. The second kappa shape index (κ2) is 6.21. The molecule has 1 unspecified atom stereocenters. The molecule has 0 saturated heterocycles. The molecule has 0 N–H and O–H groups in total. The van der Waals surface area contributed by atoms with Gasteiger partial charge in [0.1, 0.15) is 9.35 Å². The van der Waals surface area contributed by atoms with Gasteiger partial charge in [0.15, 0.2) is 6.04 Å². The van der Waals surface area contributed by atoms with Gasteiger partial charge in [-0.15, -0.1) is 4.31 Å². The first kappa shape index (κ1) is 17.7. The maximum Gasteiger partial charge on any atom is 0.412 e. The van der Waals surface area contributed by atoms with Crippen LogP contribution in [0.5, 0.6) is 0 Å². The van der Waals surface area contributed by atoms with Crippen LogP contribution >= 0.6 is 15.9 Å². The standard InChI is InChI=1S/C12H16BrF3N2OS/c1-11(2,3)20(19)18(4)10(12(14,15)16)8-5-6-9(13)17-7-8/h5-7,10H,1-4H3/t10-,20?/m0/s1. The lowest BCUT2D eigenvalue weighted by Crippen LogP contribution is -2.46. The lowest BCUT2D eigenvalue weighted by Gasteiger charge is -2.35. The minimum atomic E-state index is -4.54. The summed E-state index contributed by atoms with van der Waals surface area (Å²) < 4.78 is 52.6. The summed E-state index contributed by atoms with van der Waals surface area (Å²) in [6.45, 7) is 4.90. The van der Waals surface area contributed by atoms with Gasteiger partial charge in [0.05, 0.1) is 0 Å². The quantitative estimate of drug-likeness (QED) is 0.597. The molecule has 1 aromatic rings. The zero-order chi connectivity index (χ0) is 15.7. The molecule has 0 fully saturated rings. The van der Waals surface area contributed by atoms with E-state index in [9.17, 15) is 17.7 Å². The number of aromatic nitrogens is 1. The van der Waals surface area contributed by atoms with E-state index in [4.69, 9.17) is 0 Å². The Morgan fingerprint density at radius 2 is 1.85 bits per heavy atom. The van der Waals surface area contributed by atoms with Crippen molar-refractivity contribution in [3.63, 3.8) is 0 Å². The average molecular weight is 373 g/mol. The Hall–Kier alpha value is -0.310. The molecule has 0 aliphatic carbocycles. The molecular formula is C12H16BrF3N2OS. The van der Waals surface area contributed by atoms with E-state index in [1.54, 1.807) is 20.8 Å². The summed E-state index contributed by atoms with van der Waals surface area (Å²) in [6, 6.07) is 0.802. The molecule has 1 aromatic heterocycles. The monoisotopic (exact) mass is 372 g/mol. The largest absolute Gasteiger partial charge is 0.597 e. The molecule has 0 saturated carbocycles. The molecule has 0 spiro atoms. The summed E-state index contributed by atoms with van der Waals surface area (Å²) in [6.07, 6.45) is -3.40. The van der Waals surface area contributed by atoms with Gasteiger partial charge in [0.25, 0.3) is 0 Å². The van der Waals surface area contributed by atoms with Crippen LogP contribution < -0.4 is 0 Å². The first-order valence-corrected chi connectivity index (χ1v) is 7.67. The molecule has 0 aromatic carbocycles. The molecule has 0 aliphatic heterocycles. The first-order valence-electron chi connectivity index (χ1n) is 5.77. The second-order valence-electron chi connectivity index (χ2n) is 5.27. The molecule has 0 aliphatic rings. The van der Waals surface area contributed by atoms with Gasteiger partial charge in [0.2, 0.25) is 0 Å². The van der Waals surface area contributed by atoms with Crippen molar-refractivity contribution in [2.75, 3.05) is 7.05 Å². The minimum Gasteiger partial charge on any atom is -0.597 e. The van der Waals surface area contributed by atoms with E-state index in [0.717, 1.165) is 10.5 Å². The van der Waals surface area contributed by atoms with Crippen molar-refractivity contribution in [2.45, 2.75) is 37.7 Å². The van der Waals surface area contributed by atoms with Crippen LogP contribution in [0.1, 0.15) is 32.4 Å². The number of hydrogen-bond acceptors (Lipinski definition) is 3. The van der Waals surface area contributed by atoms with Gasteiger partial charge in [-0.05, 0) is 42.8 Å². The van der Waals surface area contributed by atoms with Crippen molar-refractivity contribution >= 4 is 27.3 Å². The first-order chi connectivity index (χ1) is 8.94. The van der Waals surface area contributed by atoms with Gasteiger partial charge in [0, 0.05) is 30.2 Å². The van der Waals surface area contributed by atoms with Crippen LogP contribution in [-0.4, -0.2) is 31.8 Å². The van der Waals surface area contributed by atoms with Gasteiger partial charge >= 0.3 is 6.18 Å². The van der Waals surface area contributed by atoms with Gasteiger partial charge < -0.3 is 4.55 Å². The number of pyridine rings is 1. The third-order valence-corrected chi connectivity index (χ3v) is 4.78. The van der Waals surface area contributed by atoms with Crippen LogP contribution in [0, 0.1) is 0 Å². The zero-order valence-corrected chi connectivity index (χ0v) is 13.9. The topological polar surface area (TPSA) is 39.2 Å². The highest BCUT2D eigenvalue weighted by Gasteiger charge is 2.50. The zero-order valence-electron chi connectivity index (χ0n) is 11.5. The van der Waals surface area contributed by atoms with E-state index in [2.05, 4.69) is 20.9 Å². The fraction of sp³-hybridized carbons (Fsp3) is 0.583. The van der Waals surface area contributed by atoms with Crippen LogP contribution in [-0.2, 0) is 11.4 Å². The maximum atomic E-state index is 13.3. The number of halogens is 4. The van der Waals surface area contributed by atoms with E-state index in [1.165, 1.54) is 19.2 Å². The van der Waals surface area contributed by atoms with Gasteiger partial charge in [-0.1, -0.05) is 6.07 Å². The minimum absolute atomic E-state index is 0.0409. The predicted octanol–water partition coefficient (Wildman–Crippen LogP) is 3.84.